The van der Waals surface area contributed by atoms with E-state index in [-0.39, 0.29) is 48.8 Å². The summed E-state index contributed by atoms with van der Waals surface area (Å²) in [7, 11) is 0. The zero-order valence-electron chi connectivity index (χ0n) is 18.1. The highest BCUT2D eigenvalue weighted by Crippen LogP contribution is 2.34. The molecule has 0 saturated carbocycles. The van der Waals surface area contributed by atoms with Crippen LogP contribution in [0.3, 0.4) is 0 Å². The van der Waals surface area contributed by atoms with Crippen LogP contribution in [-0.4, -0.2) is 32.3 Å². The molecule has 0 fully saturated rings. The number of hydrogen-bond acceptors (Lipinski definition) is 4. The third-order valence-corrected chi connectivity index (χ3v) is 6.16. The summed E-state index contributed by atoms with van der Waals surface area (Å²) in [5.74, 6) is -0.256. The molecule has 0 unspecified atom stereocenters. The van der Waals surface area contributed by atoms with E-state index in [4.69, 9.17) is 0 Å². The van der Waals surface area contributed by atoms with Crippen LogP contribution in [0.4, 0.5) is 10.2 Å². The Labute approximate surface area is 190 Å². The second kappa shape index (κ2) is 8.97. The average Bonchev–Trinajstić information content (AvgIpc) is 3.29. The van der Waals surface area contributed by atoms with Gasteiger partial charge in [-0.1, -0.05) is 36.4 Å². The molecule has 8 heteroatoms. The first-order valence-corrected chi connectivity index (χ1v) is 11.1. The molecule has 5 rings (SSSR count). The van der Waals surface area contributed by atoms with Gasteiger partial charge >= 0.3 is 0 Å². The van der Waals surface area contributed by atoms with Crippen molar-refractivity contribution < 1.29 is 14.0 Å². The lowest BCUT2D eigenvalue weighted by Gasteiger charge is -2.27. The first-order valence-electron chi connectivity index (χ1n) is 11.1. The summed E-state index contributed by atoms with van der Waals surface area (Å²) in [6.45, 7) is 0.187. The minimum Gasteiger partial charge on any atom is -0.306 e. The van der Waals surface area contributed by atoms with Gasteiger partial charge in [-0.2, -0.15) is 10.2 Å². The number of nitrogens with one attached hydrogen (secondary N) is 1. The van der Waals surface area contributed by atoms with Crippen molar-refractivity contribution in [1.29, 1.82) is 0 Å². The van der Waals surface area contributed by atoms with E-state index in [0.29, 0.717) is 5.82 Å². The van der Waals surface area contributed by atoms with Crippen molar-refractivity contribution in [2.45, 2.75) is 44.7 Å². The van der Waals surface area contributed by atoms with Gasteiger partial charge in [-0.3, -0.25) is 9.59 Å². The second-order valence-corrected chi connectivity index (χ2v) is 8.35. The van der Waals surface area contributed by atoms with Crippen molar-refractivity contribution in [3.63, 3.8) is 0 Å². The van der Waals surface area contributed by atoms with Crippen LogP contribution in [0.2, 0.25) is 0 Å². The first-order chi connectivity index (χ1) is 16.1. The van der Waals surface area contributed by atoms with Gasteiger partial charge < -0.3 is 5.32 Å². The Morgan fingerprint density at radius 1 is 1.06 bits per heavy atom. The van der Waals surface area contributed by atoms with Gasteiger partial charge in [-0.25, -0.2) is 14.1 Å². The first kappa shape index (κ1) is 21.1. The smallest absolute Gasteiger partial charge is 0.273 e. The van der Waals surface area contributed by atoms with E-state index in [2.05, 4.69) is 27.6 Å². The minimum absolute atomic E-state index is 0.0603. The molecule has 1 aliphatic heterocycles. The maximum Gasteiger partial charge on any atom is 0.273 e. The number of hydrogen-bond donors (Lipinski definition) is 1. The molecule has 168 valence electrons. The Hall–Kier alpha value is -3.81. The Bertz CT molecular complexity index is 1220. The molecule has 1 aromatic heterocycles. The molecule has 33 heavy (non-hydrogen) atoms. The van der Waals surface area contributed by atoms with Gasteiger partial charge in [0.15, 0.2) is 0 Å². The van der Waals surface area contributed by atoms with Crippen LogP contribution >= 0.6 is 0 Å². The molecule has 7 nitrogen and oxygen atoms in total. The average molecular weight is 445 g/mol. The predicted octanol–water partition coefficient (Wildman–Crippen LogP) is 4.07. The summed E-state index contributed by atoms with van der Waals surface area (Å²) in [6, 6.07) is 16.1. The normalized spacial score (nSPS) is 18.0. The Morgan fingerprint density at radius 2 is 1.88 bits per heavy atom. The monoisotopic (exact) mass is 445 g/mol. The van der Waals surface area contributed by atoms with Gasteiger partial charge in [0.25, 0.3) is 5.91 Å². The summed E-state index contributed by atoms with van der Waals surface area (Å²) < 4.78 is 15.0. The van der Waals surface area contributed by atoms with Crippen molar-refractivity contribution in [3.05, 3.63) is 83.3 Å². The summed E-state index contributed by atoms with van der Waals surface area (Å²) in [6.07, 6.45) is 5.20. The summed E-state index contributed by atoms with van der Waals surface area (Å²) in [5, 5.41) is 13.0. The molecule has 2 aromatic carbocycles. The van der Waals surface area contributed by atoms with Crippen molar-refractivity contribution in [1.82, 2.24) is 14.8 Å². The summed E-state index contributed by atoms with van der Waals surface area (Å²) >= 11 is 0. The van der Waals surface area contributed by atoms with Crippen molar-refractivity contribution in [2.24, 2.45) is 5.10 Å². The number of hydrazone groups is 1. The SMILES string of the molecule is O=C(Nc1ccnn1[C@@H]1CCCc2ccccc21)C1=NN(Cc2ccc(F)cc2)C(=O)CC1. The summed E-state index contributed by atoms with van der Waals surface area (Å²) in [4.78, 5) is 25.4. The topological polar surface area (TPSA) is 79.6 Å². The fourth-order valence-electron chi connectivity index (χ4n) is 4.48. The van der Waals surface area contributed by atoms with Crippen LogP contribution in [0.1, 0.15) is 48.4 Å². The van der Waals surface area contributed by atoms with E-state index in [9.17, 15) is 14.0 Å². The minimum atomic E-state index is -0.350. The number of rotatable bonds is 5. The molecular weight excluding hydrogens is 421 g/mol. The Kier molecular flexibility index (Phi) is 5.73. The molecule has 1 aliphatic carbocycles. The molecular formula is C25H24FN5O2. The number of carbonyl (C=O) groups is 2. The van der Waals surface area contributed by atoms with E-state index < -0.39 is 0 Å². The van der Waals surface area contributed by atoms with Crippen LogP contribution in [-0.2, 0) is 22.6 Å². The lowest BCUT2D eigenvalue weighted by atomic mass is 9.88. The van der Waals surface area contributed by atoms with Gasteiger partial charge in [0.1, 0.15) is 17.3 Å². The number of amides is 2. The standard InChI is InChI=1S/C25H24FN5O2/c26-19-10-8-17(9-11-19)16-30-24(32)13-12-21(29-30)25(33)28-23-14-15-27-31(23)22-7-3-5-18-4-1-2-6-20(18)22/h1-2,4,6,8-11,14-15,22H,3,5,7,12-13,16H2,(H,28,33)/t22-/m1/s1. The predicted molar refractivity (Wildman–Crippen MR) is 122 cm³/mol. The maximum absolute atomic E-state index is 13.2. The van der Waals surface area contributed by atoms with Crippen molar-refractivity contribution in [2.75, 3.05) is 5.32 Å². The third kappa shape index (κ3) is 4.41. The number of fused-ring (bicyclic) bond motifs is 1. The van der Waals surface area contributed by atoms with Gasteiger partial charge in [0.05, 0.1) is 18.8 Å². The molecule has 0 saturated heterocycles. The fraction of sp³-hybridized carbons (Fsp3) is 0.280. The maximum atomic E-state index is 13.2. The van der Waals surface area contributed by atoms with Crippen LogP contribution < -0.4 is 5.32 Å². The molecule has 0 spiro atoms. The van der Waals surface area contributed by atoms with Crippen LogP contribution in [0.5, 0.6) is 0 Å². The number of aromatic nitrogens is 2. The number of carbonyl (C=O) groups excluding carboxylic acids is 2. The lowest BCUT2D eigenvalue weighted by Crippen LogP contribution is -2.36. The van der Waals surface area contributed by atoms with Crippen molar-refractivity contribution >= 4 is 23.3 Å². The molecule has 0 radical (unpaired) electrons. The zero-order valence-corrected chi connectivity index (χ0v) is 18.1. The van der Waals surface area contributed by atoms with E-state index in [1.54, 1.807) is 24.4 Å². The molecule has 3 aromatic rings. The fourth-order valence-corrected chi connectivity index (χ4v) is 4.48. The second-order valence-electron chi connectivity index (χ2n) is 8.35. The molecule has 2 amide bonds. The number of aryl methyl sites for hydroxylation is 1. The molecule has 1 N–H and O–H groups in total. The largest absolute Gasteiger partial charge is 0.306 e. The van der Waals surface area contributed by atoms with Gasteiger partial charge in [-0.15, -0.1) is 0 Å². The third-order valence-electron chi connectivity index (χ3n) is 6.16. The molecule has 2 aliphatic rings. The highest BCUT2D eigenvalue weighted by molar-refractivity contribution is 6.43. The lowest BCUT2D eigenvalue weighted by molar-refractivity contribution is -0.132. The highest BCUT2D eigenvalue weighted by Gasteiger charge is 2.27. The number of nitrogens with zero attached hydrogens (tertiary/aromatic N) is 4. The number of halogens is 1. The quantitative estimate of drug-likeness (QED) is 0.643. The Morgan fingerprint density at radius 3 is 2.73 bits per heavy atom. The van der Waals surface area contributed by atoms with Gasteiger partial charge in [-0.05, 0) is 48.1 Å². The van der Waals surface area contributed by atoms with E-state index >= 15 is 0 Å². The van der Waals surface area contributed by atoms with Crippen LogP contribution in [0.25, 0.3) is 0 Å². The van der Waals surface area contributed by atoms with Crippen molar-refractivity contribution in [3.8, 4) is 0 Å². The number of benzene rings is 2. The van der Waals surface area contributed by atoms with Gasteiger partial charge in [0.2, 0.25) is 5.91 Å². The highest BCUT2D eigenvalue weighted by atomic mass is 19.1. The number of anilines is 1. The van der Waals surface area contributed by atoms with E-state index in [1.807, 2.05) is 16.8 Å². The molecule has 0 bridgehead atoms. The Balaban J connectivity index is 1.34. The molecule has 2 heterocycles. The summed E-state index contributed by atoms with van der Waals surface area (Å²) in [5.41, 5.74) is 3.57. The van der Waals surface area contributed by atoms with E-state index in [1.165, 1.54) is 28.3 Å². The molecule has 1 atom stereocenters. The van der Waals surface area contributed by atoms with Gasteiger partial charge in [0, 0.05) is 18.9 Å². The van der Waals surface area contributed by atoms with Crippen LogP contribution in [0, 0.1) is 5.82 Å². The van der Waals surface area contributed by atoms with E-state index in [0.717, 1.165) is 24.8 Å². The zero-order chi connectivity index (χ0) is 22.8. The van der Waals surface area contributed by atoms with Crippen LogP contribution in [0.15, 0.2) is 65.9 Å².